The van der Waals surface area contributed by atoms with E-state index in [1.54, 1.807) is 6.20 Å². The van der Waals surface area contributed by atoms with Gasteiger partial charge in [-0.05, 0) is 52.8 Å². The van der Waals surface area contributed by atoms with Gasteiger partial charge in [-0.2, -0.15) is 5.10 Å². The Kier molecular flexibility index (Phi) is 6.44. The van der Waals surface area contributed by atoms with Crippen molar-refractivity contribution in [2.24, 2.45) is 0 Å². The molecule has 0 aliphatic carbocycles. The fourth-order valence-electron chi connectivity index (χ4n) is 3.70. The summed E-state index contributed by atoms with van der Waals surface area (Å²) in [7, 11) is 0. The van der Waals surface area contributed by atoms with Crippen LogP contribution in [-0.4, -0.2) is 49.7 Å². The molecule has 1 unspecified atom stereocenters. The smallest absolute Gasteiger partial charge is 0.242 e. The highest BCUT2D eigenvalue weighted by Gasteiger charge is 2.28. The number of carbonyl (C=O) groups is 1. The molecule has 2 aromatic heterocycles. The fraction of sp³-hybridized carbons (Fsp3) is 0.619. The van der Waals surface area contributed by atoms with E-state index in [0.29, 0.717) is 11.8 Å². The summed E-state index contributed by atoms with van der Waals surface area (Å²) in [5, 5.41) is 7.31. The largest absolute Gasteiger partial charge is 0.310 e. The number of carbonyl (C=O) groups excluding carboxylic acids is 1. The van der Waals surface area contributed by atoms with E-state index >= 15 is 0 Å². The van der Waals surface area contributed by atoms with E-state index in [0.717, 1.165) is 43.3 Å². The summed E-state index contributed by atoms with van der Waals surface area (Å²) in [6.07, 6.45) is 5.61. The van der Waals surface area contributed by atoms with Crippen LogP contribution in [0.2, 0.25) is 0 Å². The summed E-state index contributed by atoms with van der Waals surface area (Å²) in [5.74, 6) is 2.46. The van der Waals surface area contributed by atoms with E-state index < -0.39 is 0 Å². The van der Waals surface area contributed by atoms with Crippen molar-refractivity contribution in [2.45, 2.75) is 71.4 Å². The average molecular weight is 385 g/mol. The molecule has 3 heterocycles. The molecule has 1 N–H and O–H groups in total. The van der Waals surface area contributed by atoms with Gasteiger partial charge in [-0.25, -0.2) is 14.6 Å². The molecule has 3 rings (SSSR count). The van der Waals surface area contributed by atoms with Crippen LogP contribution >= 0.6 is 0 Å². The number of amides is 1. The Morgan fingerprint density at radius 2 is 1.82 bits per heavy atom. The Balaban J connectivity index is 1.57. The van der Waals surface area contributed by atoms with E-state index in [2.05, 4.69) is 48.0 Å². The number of rotatable bonds is 6. The first kappa shape index (κ1) is 20.5. The summed E-state index contributed by atoms with van der Waals surface area (Å²) in [5.41, 5.74) is 1.14. The first-order chi connectivity index (χ1) is 13.4. The number of piperidine rings is 1. The van der Waals surface area contributed by atoms with Crippen LogP contribution in [-0.2, 0) is 4.79 Å². The number of hydrogen-bond acceptors (Lipinski definition) is 5. The lowest BCUT2D eigenvalue weighted by Gasteiger charge is -2.35. The van der Waals surface area contributed by atoms with Crippen LogP contribution in [0.3, 0.4) is 0 Å². The molecule has 28 heavy (non-hydrogen) atoms. The van der Waals surface area contributed by atoms with Gasteiger partial charge in [0.05, 0.1) is 12.2 Å². The third-order valence-electron chi connectivity index (χ3n) is 5.50. The quantitative estimate of drug-likeness (QED) is 0.824. The molecule has 1 fully saturated rings. The van der Waals surface area contributed by atoms with Gasteiger partial charge in [-0.3, -0.25) is 9.69 Å². The maximum absolute atomic E-state index is 12.7. The first-order valence-electron chi connectivity index (χ1n) is 10.3. The molecule has 1 amide bonds. The molecule has 1 aliphatic heterocycles. The molecule has 2 aromatic rings. The predicted molar refractivity (Wildman–Crippen MR) is 110 cm³/mol. The molecule has 0 radical (unpaired) electrons. The van der Waals surface area contributed by atoms with Crippen molar-refractivity contribution in [1.82, 2.24) is 24.6 Å². The lowest BCUT2D eigenvalue weighted by molar-refractivity contribution is -0.121. The lowest BCUT2D eigenvalue weighted by atomic mass is 9.92. The fourth-order valence-corrected chi connectivity index (χ4v) is 3.70. The number of hydrogen-bond donors (Lipinski definition) is 1. The van der Waals surface area contributed by atoms with Crippen LogP contribution in [0.1, 0.15) is 76.9 Å². The van der Waals surface area contributed by atoms with Gasteiger partial charge in [0.1, 0.15) is 11.6 Å². The third-order valence-corrected chi connectivity index (χ3v) is 5.50. The molecule has 1 saturated heterocycles. The number of nitrogens with one attached hydrogen (secondary N) is 1. The topological polar surface area (TPSA) is 75.9 Å². The van der Waals surface area contributed by atoms with Gasteiger partial charge in [-0.1, -0.05) is 13.8 Å². The van der Waals surface area contributed by atoms with Gasteiger partial charge in [0.25, 0.3) is 0 Å². The van der Waals surface area contributed by atoms with Gasteiger partial charge in [0, 0.05) is 35.8 Å². The second-order valence-electron chi connectivity index (χ2n) is 8.22. The van der Waals surface area contributed by atoms with Crippen molar-refractivity contribution in [2.75, 3.05) is 18.4 Å². The molecule has 1 atom stereocenters. The highest BCUT2D eigenvalue weighted by atomic mass is 16.2. The first-order valence-corrected chi connectivity index (χ1v) is 10.3. The van der Waals surface area contributed by atoms with Crippen molar-refractivity contribution in [3.63, 3.8) is 0 Å². The monoisotopic (exact) mass is 384 g/mol. The SMILES string of the molecule is CC(C)c1nccc(C2CCN(C(C)C(=O)Nc3ccnn3C(C)C)CC2)n1. The minimum absolute atomic E-state index is 0.0185. The van der Waals surface area contributed by atoms with E-state index in [1.165, 1.54) is 0 Å². The Hall–Kier alpha value is -2.28. The van der Waals surface area contributed by atoms with E-state index in [-0.39, 0.29) is 18.0 Å². The van der Waals surface area contributed by atoms with E-state index in [4.69, 9.17) is 4.98 Å². The number of aromatic nitrogens is 4. The van der Waals surface area contributed by atoms with Crippen LogP contribution in [0.5, 0.6) is 0 Å². The zero-order valence-electron chi connectivity index (χ0n) is 17.6. The number of nitrogens with zero attached hydrogens (tertiary/aromatic N) is 5. The molecule has 152 valence electrons. The van der Waals surface area contributed by atoms with Crippen molar-refractivity contribution in [3.05, 3.63) is 36.0 Å². The minimum Gasteiger partial charge on any atom is -0.310 e. The zero-order chi connectivity index (χ0) is 20.3. The van der Waals surface area contributed by atoms with Gasteiger partial charge in [0.2, 0.25) is 5.91 Å². The molecule has 0 aromatic carbocycles. The van der Waals surface area contributed by atoms with Gasteiger partial charge in [-0.15, -0.1) is 0 Å². The second-order valence-corrected chi connectivity index (χ2v) is 8.22. The van der Waals surface area contributed by atoms with Gasteiger partial charge >= 0.3 is 0 Å². The van der Waals surface area contributed by atoms with Crippen LogP contribution in [0.15, 0.2) is 24.5 Å². The van der Waals surface area contributed by atoms with Crippen molar-refractivity contribution in [1.29, 1.82) is 0 Å². The van der Waals surface area contributed by atoms with Crippen LogP contribution in [0.4, 0.5) is 5.82 Å². The highest BCUT2D eigenvalue weighted by Crippen LogP contribution is 2.28. The highest BCUT2D eigenvalue weighted by molar-refractivity contribution is 5.93. The maximum atomic E-state index is 12.7. The van der Waals surface area contributed by atoms with Gasteiger partial charge < -0.3 is 5.32 Å². The summed E-state index contributed by atoms with van der Waals surface area (Å²) < 4.78 is 1.83. The van der Waals surface area contributed by atoms with Crippen LogP contribution in [0, 0.1) is 0 Å². The lowest BCUT2D eigenvalue weighted by Crippen LogP contribution is -2.46. The maximum Gasteiger partial charge on any atom is 0.242 e. The molecular weight excluding hydrogens is 352 g/mol. The Bertz CT molecular complexity index is 792. The van der Waals surface area contributed by atoms with E-state index in [9.17, 15) is 4.79 Å². The summed E-state index contributed by atoms with van der Waals surface area (Å²) in [4.78, 5) is 24.1. The standard InChI is InChI=1S/C21H32N6O/c1-14(2)20-22-10-6-18(24-20)17-8-12-26(13-9-17)16(5)21(28)25-19-7-11-23-27(19)15(3)4/h6-7,10-11,14-17H,8-9,12-13H2,1-5H3,(H,25,28). The molecular formula is C21H32N6O. The zero-order valence-corrected chi connectivity index (χ0v) is 17.6. The molecule has 0 spiro atoms. The molecule has 7 nitrogen and oxygen atoms in total. The van der Waals surface area contributed by atoms with Crippen molar-refractivity contribution < 1.29 is 4.79 Å². The minimum atomic E-state index is -0.173. The Labute approximate surface area is 167 Å². The molecule has 0 bridgehead atoms. The molecule has 1 aliphatic rings. The van der Waals surface area contributed by atoms with Crippen molar-refractivity contribution in [3.8, 4) is 0 Å². The third kappa shape index (κ3) is 4.58. The van der Waals surface area contributed by atoms with E-state index in [1.807, 2.05) is 29.9 Å². The average Bonchev–Trinajstić information content (AvgIpc) is 3.16. The van der Waals surface area contributed by atoms with Crippen LogP contribution in [0.25, 0.3) is 0 Å². The molecule has 7 heteroatoms. The van der Waals surface area contributed by atoms with Crippen molar-refractivity contribution >= 4 is 11.7 Å². The second kappa shape index (κ2) is 8.82. The Morgan fingerprint density at radius 3 is 2.46 bits per heavy atom. The number of anilines is 1. The predicted octanol–water partition coefficient (Wildman–Crippen LogP) is 3.58. The normalized spacial score (nSPS) is 17.2. The summed E-state index contributed by atoms with van der Waals surface area (Å²) in [6, 6.07) is 3.92. The number of likely N-dealkylation sites (tertiary alicyclic amines) is 1. The van der Waals surface area contributed by atoms with Crippen LogP contribution < -0.4 is 5.32 Å². The molecule has 0 saturated carbocycles. The van der Waals surface area contributed by atoms with Gasteiger partial charge in [0.15, 0.2) is 0 Å². The summed E-state index contributed by atoms with van der Waals surface area (Å²) >= 11 is 0. The Morgan fingerprint density at radius 1 is 1.11 bits per heavy atom. The summed E-state index contributed by atoms with van der Waals surface area (Å²) in [6.45, 7) is 12.1.